The van der Waals surface area contributed by atoms with E-state index in [0.29, 0.717) is 6.42 Å². The fraction of sp³-hybridized carbons (Fsp3) is 0.471. The van der Waals surface area contributed by atoms with Gasteiger partial charge in [0.15, 0.2) is 0 Å². The van der Waals surface area contributed by atoms with Gasteiger partial charge in [0.25, 0.3) is 0 Å². The highest BCUT2D eigenvalue weighted by Crippen LogP contribution is 2.24. The number of rotatable bonds is 4. The molecule has 2 rings (SSSR count). The van der Waals surface area contributed by atoms with Crippen LogP contribution in [-0.2, 0) is 4.79 Å². The molecule has 0 bridgehead atoms. The third-order valence-corrected chi connectivity index (χ3v) is 4.70. The number of amides is 1. The lowest BCUT2D eigenvalue weighted by atomic mass is 10.0. The van der Waals surface area contributed by atoms with Gasteiger partial charge in [-0.05, 0) is 36.8 Å². The number of hydrogen-bond acceptors (Lipinski definition) is 3. The van der Waals surface area contributed by atoms with Gasteiger partial charge in [0, 0.05) is 23.7 Å². The van der Waals surface area contributed by atoms with E-state index >= 15 is 0 Å². The number of nitrogens with one attached hydrogen (secondary N) is 1. The van der Waals surface area contributed by atoms with Gasteiger partial charge in [-0.2, -0.15) is 11.8 Å². The van der Waals surface area contributed by atoms with E-state index in [1.54, 1.807) is 0 Å². The van der Waals surface area contributed by atoms with E-state index in [9.17, 15) is 4.79 Å². The van der Waals surface area contributed by atoms with Crippen molar-refractivity contribution >= 4 is 17.7 Å². The molecule has 2 N–H and O–H groups in total. The summed E-state index contributed by atoms with van der Waals surface area (Å²) in [7, 11) is 0. The van der Waals surface area contributed by atoms with Gasteiger partial charge in [-0.3, -0.25) is 4.79 Å². The van der Waals surface area contributed by atoms with Crippen LogP contribution < -0.4 is 5.32 Å². The van der Waals surface area contributed by atoms with Gasteiger partial charge in [0.1, 0.15) is 0 Å². The zero-order valence-corrected chi connectivity index (χ0v) is 13.1. The summed E-state index contributed by atoms with van der Waals surface area (Å²) in [5, 5.41) is 11.8. The van der Waals surface area contributed by atoms with Crippen molar-refractivity contribution in [1.82, 2.24) is 5.32 Å². The highest BCUT2D eigenvalue weighted by molar-refractivity contribution is 7.99. The number of aliphatic hydroxyl groups excluding tert-OH is 1. The number of benzene rings is 1. The van der Waals surface area contributed by atoms with E-state index in [0.717, 1.165) is 29.1 Å². The van der Waals surface area contributed by atoms with Crippen LogP contribution in [0.3, 0.4) is 0 Å². The standard InChI is InChI=1S/C17H21NO2S/c1-13(18-17(20)16-9-11-21-12-16)15-7-5-14(6-8-15)4-2-3-10-19/h5-8,13,16,19H,3,9-12H2,1H3,(H,18,20). The number of aliphatic hydroxyl groups is 1. The van der Waals surface area contributed by atoms with Gasteiger partial charge in [0.05, 0.1) is 12.6 Å². The van der Waals surface area contributed by atoms with Crippen molar-refractivity contribution < 1.29 is 9.90 Å². The summed E-state index contributed by atoms with van der Waals surface area (Å²) in [5.41, 5.74) is 2.01. The van der Waals surface area contributed by atoms with E-state index in [1.165, 1.54) is 0 Å². The molecule has 1 aliphatic rings. The number of carbonyl (C=O) groups excluding carboxylic acids is 1. The summed E-state index contributed by atoms with van der Waals surface area (Å²) >= 11 is 1.85. The maximum Gasteiger partial charge on any atom is 0.224 e. The first-order valence-electron chi connectivity index (χ1n) is 7.28. The Morgan fingerprint density at radius 1 is 1.48 bits per heavy atom. The van der Waals surface area contributed by atoms with Gasteiger partial charge in [-0.1, -0.05) is 24.0 Å². The Labute approximate surface area is 130 Å². The molecule has 2 atom stereocenters. The summed E-state index contributed by atoms with van der Waals surface area (Å²) in [4.78, 5) is 12.1. The smallest absolute Gasteiger partial charge is 0.224 e. The van der Waals surface area contributed by atoms with Crippen LogP contribution in [0.15, 0.2) is 24.3 Å². The Kier molecular flexibility index (Phi) is 6.16. The monoisotopic (exact) mass is 303 g/mol. The Hall–Kier alpha value is -1.44. The Bertz CT molecular complexity index is 524. The van der Waals surface area contributed by atoms with Gasteiger partial charge < -0.3 is 10.4 Å². The second-order valence-electron chi connectivity index (χ2n) is 5.19. The van der Waals surface area contributed by atoms with Crippen molar-refractivity contribution in [3.05, 3.63) is 35.4 Å². The third kappa shape index (κ3) is 4.80. The first-order valence-corrected chi connectivity index (χ1v) is 8.44. The van der Waals surface area contributed by atoms with Crippen molar-refractivity contribution in [1.29, 1.82) is 0 Å². The molecule has 1 heterocycles. The maximum atomic E-state index is 12.1. The van der Waals surface area contributed by atoms with E-state index in [4.69, 9.17) is 5.11 Å². The van der Waals surface area contributed by atoms with Gasteiger partial charge in [-0.25, -0.2) is 0 Å². The van der Waals surface area contributed by atoms with Crippen LogP contribution in [0, 0.1) is 17.8 Å². The molecule has 1 saturated heterocycles. The minimum absolute atomic E-state index is 0.0163. The Morgan fingerprint density at radius 3 is 2.86 bits per heavy atom. The first-order chi connectivity index (χ1) is 10.2. The van der Waals surface area contributed by atoms with Crippen LogP contribution in [0.1, 0.15) is 36.9 Å². The van der Waals surface area contributed by atoms with E-state index in [-0.39, 0.29) is 24.5 Å². The molecule has 1 aromatic carbocycles. The maximum absolute atomic E-state index is 12.1. The van der Waals surface area contributed by atoms with Gasteiger partial charge in [0.2, 0.25) is 5.91 Å². The molecule has 21 heavy (non-hydrogen) atoms. The zero-order valence-electron chi connectivity index (χ0n) is 12.3. The minimum Gasteiger partial charge on any atom is -0.395 e. The summed E-state index contributed by atoms with van der Waals surface area (Å²) in [6.45, 7) is 2.10. The molecule has 1 fully saturated rings. The SMILES string of the molecule is CC(NC(=O)C1CCSC1)c1ccc(C#CCCO)cc1. The highest BCUT2D eigenvalue weighted by Gasteiger charge is 2.24. The number of carbonyl (C=O) groups is 1. The van der Waals surface area contributed by atoms with Crippen LogP contribution in [0.25, 0.3) is 0 Å². The van der Waals surface area contributed by atoms with Gasteiger partial charge >= 0.3 is 0 Å². The van der Waals surface area contributed by atoms with Crippen molar-refractivity contribution in [2.24, 2.45) is 5.92 Å². The molecule has 1 amide bonds. The number of hydrogen-bond donors (Lipinski definition) is 2. The lowest BCUT2D eigenvalue weighted by molar-refractivity contribution is -0.124. The van der Waals surface area contributed by atoms with E-state index < -0.39 is 0 Å². The van der Waals surface area contributed by atoms with Crippen molar-refractivity contribution in [2.45, 2.75) is 25.8 Å². The van der Waals surface area contributed by atoms with Crippen LogP contribution >= 0.6 is 11.8 Å². The molecule has 1 aliphatic heterocycles. The van der Waals surface area contributed by atoms with Crippen LogP contribution in [-0.4, -0.2) is 29.1 Å². The molecular formula is C17H21NO2S. The van der Waals surface area contributed by atoms with Gasteiger partial charge in [-0.15, -0.1) is 0 Å². The molecule has 1 aromatic rings. The second kappa shape index (κ2) is 8.11. The summed E-state index contributed by atoms with van der Waals surface area (Å²) < 4.78 is 0. The van der Waals surface area contributed by atoms with E-state index in [2.05, 4.69) is 17.2 Å². The molecule has 112 valence electrons. The van der Waals surface area contributed by atoms with Crippen molar-refractivity contribution in [3.63, 3.8) is 0 Å². The average Bonchev–Trinajstić information content (AvgIpc) is 3.02. The fourth-order valence-corrected chi connectivity index (χ4v) is 3.45. The quantitative estimate of drug-likeness (QED) is 0.840. The normalized spacial score (nSPS) is 18.7. The van der Waals surface area contributed by atoms with Crippen molar-refractivity contribution in [2.75, 3.05) is 18.1 Å². The number of thioether (sulfide) groups is 1. The predicted octanol–water partition coefficient (Wildman–Crippen LogP) is 2.35. The lowest BCUT2D eigenvalue weighted by Gasteiger charge is -2.17. The highest BCUT2D eigenvalue weighted by atomic mass is 32.2. The zero-order chi connectivity index (χ0) is 15.1. The van der Waals surface area contributed by atoms with E-state index in [1.807, 2.05) is 43.0 Å². The van der Waals surface area contributed by atoms with Crippen LogP contribution in [0.5, 0.6) is 0 Å². The summed E-state index contributed by atoms with van der Waals surface area (Å²) in [6, 6.07) is 7.92. The minimum atomic E-state index is 0.0163. The lowest BCUT2D eigenvalue weighted by Crippen LogP contribution is -2.32. The topological polar surface area (TPSA) is 49.3 Å². The first kappa shape index (κ1) is 15.9. The molecule has 0 saturated carbocycles. The molecule has 0 spiro atoms. The predicted molar refractivity (Wildman–Crippen MR) is 87.0 cm³/mol. The fourth-order valence-electron chi connectivity index (χ4n) is 2.23. The molecule has 0 aromatic heterocycles. The molecule has 0 aliphatic carbocycles. The Balaban J connectivity index is 1.91. The Morgan fingerprint density at radius 2 is 2.24 bits per heavy atom. The summed E-state index contributed by atoms with van der Waals surface area (Å²) in [6.07, 6.45) is 1.48. The largest absolute Gasteiger partial charge is 0.395 e. The van der Waals surface area contributed by atoms with Crippen molar-refractivity contribution in [3.8, 4) is 11.8 Å². The second-order valence-corrected chi connectivity index (χ2v) is 6.34. The third-order valence-electron chi connectivity index (χ3n) is 3.54. The van der Waals surface area contributed by atoms with Crippen LogP contribution in [0.2, 0.25) is 0 Å². The molecule has 4 heteroatoms. The molecule has 2 unspecified atom stereocenters. The average molecular weight is 303 g/mol. The molecule has 3 nitrogen and oxygen atoms in total. The molecular weight excluding hydrogens is 282 g/mol. The summed E-state index contributed by atoms with van der Waals surface area (Å²) in [5.74, 6) is 8.26. The molecule has 0 radical (unpaired) electrons. The van der Waals surface area contributed by atoms with Crippen LogP contribution in [0.4, 0.5) is 0 Å².